The Bertz CT molecular complexity index is 226. The third-order valence-electron chi connectivity index (χ3n) is 6.25. The molecule has 18 heavy (non-hydrogen) atoms. The number of carbonyl (C=O) groups is 2. The first-order valence-electron chi connectivity index (χ1n) is 7.51. The lowest BCUT2D eigenvalue weighted by Crippen LogP contribution is -2.38. The highest BCUT2D eigenvalue weighted by Crippen LogP contribution is 2.62. The van der Waals surface area contributed by atoms with Crippen LogP contribution in [-0.2, 0) is 9.59 Å². The molecule has 2 nitrogen and oxygen atoms in total. The molecule has 2 heteroatoms. The SMILES string of the molecule is C1CC2CCC3CCC4CCC1C2C43.C=O.C=O. The molecule has 0 aromatic carbocycles. The molecule has 4 fully saturated rings. The lowest BCUT2D eigenvalue weighted by atomic mass is 9.60. The van der Waals surface area contributed by atoms with Crippen molar-refractivity contribution in [3.8, 4) is 0 Å². The molecule has 0 saturated heterocycles. The summed E-state index contributed by atoms with van der Waals surface area (Å²) < 4.78 is 0. The quantitative estimate of drug-likeness (QED) is 0.659. The molecule has 4 rings (SSSR count). The van der Waals surface area contributed by atoms with Crippen LogP contribution in [0.5, 0.6) is 0 Å². The fourth-order valence-electron chi connectivity index (χ4n) is 5.86. The van der Waals surface area contributed by atoms with Crippen LogP contribution in [-0.4, -0.2) is 13.6 Å². The second-order valence-corrected chi connectivity index (χ2v) is 6.50. The molecule has 0 heterocycles. The Labute approximate surface area is 111 Å². The minimum absolute atomic E-state index is 1.18. The minimum atomic E-state index is 1.18. The molecule has 0 aromatic rings. The summed E-state index contributed by atoms with van der Waals surface area (Å²) in [6.07, 6.45) is 12.8. The van der Waals surface area contributed by atoms with E-state index >= 15 is 0 Å². The van der Waals surface area contributed by atoms with E-state index in [1.165, 1.54) is 35.5 Å². The van der Waals surface area contributed by atoms with E-state index in [2.05, 4.69) is 0 Å². The van der Waals surface area contributed by atoms with Crippen molar-refractivity contribution in [2.45, 2.75) is 51.4 Å². The molecule has 102 valence electrons. The zero-order chi connectivity index (χ0) is 13.1. The maximum Gasteiger partial charge on any atom is 0.106 e. The highest BCUT2D eigenvalue weighted by Gasteiger charge is 2.53. The van der Waals surface area contributed by atoms with Gasteiger partial charge in [0.1, 0.15) is 13.6 Å². The van der Waals surface area contributed by atoms with Crippen LogP contribution < -0.4 is 0 Å². The van der Waals surface area contributed by atoms with Gasteiger partial charge in [0, 0.05) is 0 Å². The van der Waals surface area contributed by atoms with Gasteiger partial charge < -0.3 is 9.59 Å². The Morgan fingerprint density at radius 1 is 0.444 bits per heavy atom. The highest BCUT2D eigenvalue weighted by atomic mass is 16.1. The molecule has 4 aliphatic carbocycles. The van der Waals surface area contributed by atoms with Gasteiger partial charge in [-0.3, -0.25) is 0 Å². The van der Waals surface area contributed by atoms with Gasteiger partial charge in [0.15, 0.2) is 0 Å². The molecule has 0 N–H and O–H groups in total. The van der Waals surface area contributed by atoms with Crippen molar-refractivity contribution in [3.63, 3.8) is 0 Å². The minimum Gasteiger partial charge on any atom is -0.307 e. The maximum atomic E-state index is 8.00. The smallest absolute Gasteiger partial charge is 0.106 e. The predicted molar refractivity (Wildman–Crippen MR) is 72.1 cm³/mol. The van der Waals surface area contributed by atoms with Crippen molar-refractivity contribution in [3.05, 3.63) is 0 Å². The summed E-state index contributed by atoms with van der Waals surface area (Å²) in [4.78, 5) is 16.0. The molecular formula is C16H26O2. The number of rotatable bonds is 0. The van der Waals surface area contributed by atoms with Crippen LogP contribution in [0.15, 0.2) is 0 Å². The normalized spacial score (nSPS) is 47.1. The van der Waals surface area contributed by atoms with Crippen LogP contribution in [0.2, 0.25) is 0 Å². The Hall–Kier alpha value is -0.660. The molecule has 0 atom stereocenters. The summed E-state index contributed by atoms with van der Waals surface area (Å²) >= 11 is 0. The topological polar surface area (TPSA) is 34.1 Å². The molecule has 0 spiro atoms. The second-order valence-electron chi connectivity index (χ2n) is 6.50. The van der Waals surface area contributed by atoms with Crippen molar-refractivity contribution in [1.29, 1.82) is 0 Å². The highest BCUT2D eigenvalue weighted by molar-refractivity contribution is 5.11. The Kier molecular flexibility index (Phi) is 4.58. The van der Waals surface area contributed by atoms with E-state index in [9.17, 15) is 0 Å². The van der Waals surface area contributed by atoms with E-state index in [-0.39, 0.29) is 0 Å². The van der Waals surface area contributed by atoms with Gasteiger partial charge in [-0.15, -0.1) is 0 Å². The van der Waals surface area contributed by atoms with Gasteiger partial charge in [0.25, 0.3) is 0 Å². The zero-order valence-electron chi connectivity index (χ0n) is 11.4. The fraction of sp³-hybridized carbons (Fsp3) is 0.875. The van der Waals surface area contributed by atoms with E-state index in [0.29, 0.717) is 0 Å². The monoisotopic (exact) mass is 250 g/mol. The lowest BCUT2D eigenvalue weighted by Gasteiger charge is -2.45. The first-order valence-corrected chi connectivity index (χ1v) is 7.51. The van der Waals surface area contributed by atoms with Gasteiger partial charge in [0.2, 0.25) is 0 Å². The molecule has 4 aliphatic rings. The summed E-state index contributed by atoms with van der Waals surface area (Å²) in [6, 6.07) is 0. The first-order chi connectivity index (χ1) is 8.93. The van der Waals surface area contributed by atoms with E-state index in [1.807, 2.05) is 13.6 Å². The van der Waals surface area contributed by atoms with Gasteiger partial charge in [-0.1, -0.05) is 0 Å². The third-order valence-corrected chi connectivity index (χ3v) is 6.25. The maximum absolute atomic E-state index is 8.00. The summed E-state index contributed by atoms with van der Waals surface area (Å²) in [7, 11) is 0. The Balaban J connectivity index is 0.000000277. The molecule has 0 aromatic heterocycles. The van der Waals surface area contributed by atoms with Gasteiger partial charge in [0.05, 0.1) is 0 Å². The average Bonchev–Trinajstić information content (AvgIpc) is 3.04. The zero-order valence-corrected chi connectivity index (χ0v) is 11.4. The van der Waals surface area contributed by atoms with Crippen LogP contribution in [0, 0.1) is 35.5 Å². The summed E-state index contributed by atoms with van der Waals surface area (Å²) in [6.45, 7) is 4.00. The standard InChI is InChI=1S/C14H22.2CH2O/c1-2-10-7-8-12-4-3-11-6-5-9(1)13(10)14(11)12;2*1-2/h9-14H,1-8H2;2*1H2. The van der Waals surface area contributed by atoms with Crippen LogP contribution in [0.25, 0.3) is 0 Å². The molecule has 0 aliphatic heterocycles. The van der Waals surface area contributed by atoms with Gasteiger partial charge in [-0.2, -0.15) is 0 Å². The molecule has 0 bridgehead atoms. The van der Waals surface area contributed by atoms with Gasteiger partial charge >= 0.3 is 0 Å². The number of carbonyl (C=O) groups excluding carboxylic acids is 2. The molecule has 0 unspecified atom stereocenters. The summed E-state index contributed by atoms with van der Waals surface area (Å²) in [5, 5.41) is 0. The largest absolute Gasteiger partial charge is 0.307 e. The summed E-state index contributed by atoms with van der Waals surface area (Å²) in [5.41, 5.74) is 0. The average molecular weight is 250 g/mol. The summed E-state index contributed by atoms with van der Waals surface area (Å²) in [5.74, 6) is 7.17. The van der Waals surface area contributed by atoms with Crippen molar-refractivity contribution >= 4 is 13.6 Å². The van der Waals surface area contributed by atoms with Gasteiger partial charge in [-0.05, 0) is 86.9 Å². The first kappa shape index (κ1) is 13.8. The molecule has 4 saturated carbocycles. The molecule has 0 amide bonds. The second kappa shape index (κ2) is 5.99. The van der Waals surface area contributed by atoms with Crippen LogP contribution >= 0.6 is 0 Å². The van der Waals surface area contributed by atoms with Crippen molar-refractivity contribution in [2.75, 3.05) is 0 Å². The molecule has 0 radical (unpaired) electrons. The number of hydrogen-bond donors (Lipinski definition) is 0. The third kappa shape index (κ3) is 2.04. The van der Waals surface area contributed by atoms with E-state index < -0.39 is 0 Å². The van der Waals surface area contributed by atoms with E-state index in [0.717, 1.165) is 0 Å². The Morgan fingerprint density at radius 2 is 0.611 bits per heavy atom. The van der Waals surface area contributed by atoms with E-state index in [1.54, 1.807) is 51.4 Å². The van der Waals surface area contributed by atoms with Crippen LogP contribution in [0.3, 0.4) is 0 Å². The lowest BCUT2D eigenvalue weighted by molar-refractivity contribution is -0.0987. The fourth-order valence-corrected chi connectivity index (χ4v) is 5.86. The van der Waals surface area contributed by atoms with E-state index in [4.69, 9.17) is 9.59 Å². The Morgan fingerprint density at radius 3 is 0.778 bits per heavy atom. The van der Waals surface area contributed by atoms with Crippen molar-refractivity contribution in [1.82, 2.24) is 0 Å². The van der Waals surface area contributed by atoms with Crippen LogP contribution in [0.1, 0.15) is 51.4 Å². The van der Waals surface area contributed by atoms with Crippen LogP contribution in [0.4, 0.5) is 0 Å². The molecular weight excluding hydrogens is 224 g/mol. The van der Waals surface area contributed by atoms with Gasteiger partial charge in [-0.25, -0.2) is 0 Å². The van der Waals surface area contributed by atoms with Crippen molar-refractivity contribution in [2.24, 2.45) is 35.5 Å². The predicted octanol–water partition coefficient (Wildman–Crippen LogP) is 3.49. The number of hydrogen-bond acceptors (Lipinski definition) is 2. The van der Waals surface area contributed by atoms with Crippen molar-refractivity contribution < 1.29 is 9.59 Å².